The summed E-state index contributed by atoms with van der Waals surface area (Å²) in [7, 11) is 0. The Morgan fingerprint density at radius 2 is 2.18 bits per heavy atom. The highest BCUT2D eigenvalue weighted by Gasteiger charge is 2.22. The summed E-state index contributed by atoms with van der Waals surface area (Å²) in [4.78, 5) is 11.9. The summed E-state index contributed by atoms with van der Waals surface area (Å²) >= 11 is 0. The van der Waals surface area contributed by atoms with E-state index in [1.165, 1.54) is 0 Å². The molecule has 0 bridgehead atoms. The van der Waals surface area contributed by atoms with Crippen LogP contribution in [0.3, 0.4) is 0 Å². The van der Waals surface area contributed by atoms with E-state index in [-0.39, 0.29) is 0 Å². The second-order valence-electron chi connectivity index (χ2n) is 2.58. The van der Waals surface area contributed by atoms with E-state index in [2.05, 4.69) is 5.43 Å². The van der Waals surface area contributed by atoms with Crippen molar-refractivity contribution >= 4 is 5.69 Å². The Labute approximate surface area is 64.6 Å². The molecule has 0 saturated heterocycles. The van der Waals surface area contributed by atoms with E-state index >= 15 is 0 Å². The molecule has 0 spiro atoms. The first kappa shape index (κ1) is 6.34. The van der Waals surface area contributed by atoms with Gasteiger partial charge in [-0.25, -0.2) is 0 Å². The quantitative estimate of drug-likeness (QED) is 0.561. The van der Waals surface area contributed by atoms with Crippen LogP contribution < -0.4 is 5.43 Å². The largest absolute Gasteiger partial charge is 0.295 e. The highest BCUT2D eigenvalue weighted by molar-refractivity contribution is 5.40. The molecule has 0 aromatic heterocycles. The molecular weight excluding hydrogens is 140 g/mol. The smallest absolute Gasteiger partial charge is 0.146 e. The molecule has 3 heteroatoms. The van der Waals surface area contributed by atoms with E-state index in [9.17, 15) is 4.91 Å². The number of rotatable bonds is 0. The number of para-hydroxylation sites is 1. The molecule has 3 nitrogen and oxygen atoms in total. The van der Waals surface area contributed by atoms with Crippen molar-refractivity contribution in [1.82, 2.24) is 5.43 Å². The second-order valence-corrected chi connectivity index (χ2v) is 2.58. The lowest BCUT2D eigenvalue weighted by atomic mass is 10.1. The van der Waals surface area contributed by atoms with Gasteiger partial charge in [0.2, 0.25) is 0 Å². The number of hydrogen-bond acceptors (Lipinski definition) is 1. The molecule has 56 valence electrons. The molecule has 1 N–H and O–H groups in total. The van der Waals surface area contributed by atoms with Crippen LogP contribution in [0.5, 0.6) is 0 Å². The molecule has 1 aromatic rings. The molecule has 2 rings (SSSR count). The van der Waals surface area contributed by atoms with E-state index < -0.39 is 0 Å². The van der Waals surface area contributed by atoms with Crippen molar-refractivity contribution in [2.45, 2.75) is 6.42 Å². The Balaban J connectivity index is 2.52. The van der Waals surface area contributed by atoms with Crippen LogP contribution >= 0.6 is 0 Å². The van der Waals surface area contributed by atoms with E-state index in [4.69, 9.17) is 0 Å². The Hall–Kier alpha value is -1.38. The number of nitrogens with zero attached hydrogens (tertiary/aromatic N) is 1. The predicted octanol–water partition coefficient (Wildman–Crippen LogP) is 1.16. The molecule has 1 aliphatic rings. The highest BCUT2D eigenvalue weighted by atomic mass is 16.3. The zero-order valence-corrected chi connectivity index (χ0v) is 6.08. The SMILES string of the molecule is O=[N+]1NCCc2ccccc21. The summed E-state index contributed by atoms with van der Waals surface area (Å²) in [5.74, 6) is 0. The van der Waals surface area contributed by atoms with Gasteiger partial charge in [-0.15, -0.1) is 5.43 Å². The van der Waals surface area contributed by atoms with Gasteiger partial charge in [0.25, 0.3) is 5.69 Å². The summed E-state index contributed by atoms with van der Waals surface area (Å²) < 4.78 is 0. The van der Waals surface area contributed by atoms with Crippen molar-refractivity contribution in [2.75, 3.05) is 6.54 Å². The Morgan fingerprint density at radius 1 is 1.36 bits per heavy atom. The number of fused-ring (bicyclic) bond motifs is 1. The van der Waals surface area contributed by atoms with Gasteiger partial charge in [-0.3, -0.25) is 0 Å². The first-order valence-electron chi connectivity index (χ1n) is 3.66. The maximum Gasteiger partial charge on any atom is 0.295 e. The van der Waals surface area contributed by atoms with Gasteiger partial charge in [0, 0.05) is 18.1 Å². The lowest BCUT2D eigenvalue weighted by Crippen LogP contribution is -2.30. The number of hydrogen-bond donors (Lipinski definition) is 1. The van der Waals surface area contributed by atoms with Gasteiger partial charge >= 0.3 is 0 Å². The molecule has 0 amide bonds. The molecule has 0 unspecified atom stereocenters. The molecule has 1 aliphatic heterocycles. The van der Waals surface area contributed by atoms with Gasteiger partial charge in [0.15, 0.2) is 4.87 Å². The Bertz CT molecular complexity index is 296. The van der Waals surface area contributed by atoms with Crippen molar-refractivity contribution < 1.29 is 4.87 Å². The van der Waals surface area contributed by atoms with Crippen molar-refractivity contribution in [3.63, 3.8) is 0 Å². The Morgan fingerprint density at radius 3 is 3.00 bits per heavy atom. The fourth-order valence-electron chi connectivity index (χ4n) is 1.30. The van der Waals surface area contributed by atoms with E-state index in [0.717, 1.165) is 29.1 Å². The third-order valence-electron chi connectivity index (χ3n) is 1.86. The van der Waals surface area contributed by atoms with Crippen LogP contribution in [0.2, 0.25) is 0 Å². The molecule has 0 saturated carbocycles. The van der Waals surface area contributed by atoms with E-state index in [1.807, 2.05) is 24.3 Å². The van der Waals surface area contributed by atoms with Gasteiger partial charge in [-0.1, -0.05) is 18.2 Å². The van der Waals surface area contributed by atoms with Crippen molar-refractivity contribution in [2.24, 2.45) is 0 Å². The van der Waals surface area contributed by atoms with Crippen LogP contribution in [-0.2, 0) is 6.42 Å². The van der Waals surface area contributed by atoms with Crippen LogP contribution in [-0.4, -0.2) is 11.4 Å². The fourth-order valence-corrected chi connectivity index (χ4v) is 1.30. The van der Waals surface area contributed by atoms with Crippen LogP contribution in [0.25, 0.3) is 0 Å². The van der Waals surface area contributed by atoms with Crippen molar-refractivity contribution in [3.8, 4) is 0 Å². The molecule has 0 fully saturated rings. The number of nitroso groups, excluding NO2 is 1. The average Bonchev–Trinajstić information content (AvgIpc) is 2.06. The first-order valence-corrected chi connectivity index (χ1v) is 3.66. The third kappa shape index (κ3) is 0.981. The van der Waals surface area contributed by atoms with Crippen molar-refractivity contribution in [1.29, 1.82) is 0 Å². The summed E-state index contributed by atoms with van der Waals surface area (Å²) in [5, 5.41) is 0. The summed E-state index contributed by atoms with van der Waals surface area (Å²) in [6, 6.07) is 7.64. The van der Waals surface area contributed by atoms with E-state index in [0.29, 0.717) is 0 Å². The van der Waals surface area contributed by atoms with Crippen LogP contribution in [0.1, 0.15) is 5.56 Å². The minimum Gasteiger partial charge on any atom is -0.146 e. The predicted molar refractivity (Wildman–Crippen MR) is 41.4 cm³/mol. The maximum atomic E-state index is 11.1. The van der Waals surface area contributed by atoms with Gasteiger partial charge in [-0.05, 0) is 0 Å². The van der Waals surface area contributed by atoms with Gasteiger partial charge in [0.1, 0.15) is 0 Å². The number of nitrogens with one attached hydrogen (secondary N) is 1. The number of hydrazine groups is 1. The lowest BCUT2D eigenvalue weighted by Gasteiger charge is -2.06. The molecule has 11 heavy (non-hydrogen) atoms. The normalized spacial score (nSPS) is 15.5. The summed E-state index contributed by atoms with van der Waals surface area (Å²) in [6.07, 6.45) is 0.939. The lowest BCUT2D eigenvalue weighted by molar-refractivity contribution is -0.532. The Kier molecular flexibility index (Phi) is 1.35. The van der Waals surface area contributed by atoms with Crippen LogP contribution in [0.15, 0.2) is 24.3 Å². The van der Waals surface area contributed by atoms with Gasteiger partial charge in [0.05, 0.1) is 11.5 Å². The molecule has 0 aliphatic carbocycles. The molecular formula is C8H9N2O+. The topological polar surface area (TPSA) is 32.1 Å². The fraction of sp³-hybridized carbons (Fsp3) is 0.250. The summed E-state index contributed by atoms with van der Waals surface area (Å²) in [6.45, 7) is 0.737. The summed E-state index contributed by atoms with van der Waals surface area (Å²) in [5.41, 5.74) is 4.59. The second kappa shape index (κ2) is 2.34. The van der Waals surface area contributed by atoms with Gasteiger partial charge < -0.3 is 0 Å². The average molecular weight is 149 g/mol. The highest BCUT2D eigenvalue weighted by Crippen LogP contribution is 2.19. The van der Waals surface area contributed by atoms with Crippen LogP contribution in [0, 0.1) is 4.91 Å². The van der Waals surface area contributed by atoms with Crippen molar-refractivity contribution in [3.05, 3.63) is 34.7 Å². The first-order chi connectivity index (χ1) is 5.38. The molecule has 1 heterocycles. The third-order valence-corrected chi connectivity index (χ3v) is 1.86. The molecule has 1 aromatic carbocycles. The zero-order chi connectivity index (χ0) is 7.68. The minimum atomic E-state index is 0.737. The van der Waals surface area contributed by atoms with Gasteiger partial charge in [-0.2, -0.15) is 0 Å². The van der Waals surface area contributed by atoms with E-state index in [1.54, 1.807) is 0 Å². The molecule has 0 atom stereocenters. The molecule has 0 radical (unpaired) electrons. The standard InChI is InChI=1S/C8H9N2O/c11-10-8-4-2-1-3-7(8)5-6-9-10/h1-4H,5-6H2,(H,9,11)/q+1. The van der Waals surface area contributed by atoms with Crippen LogP contribution in [0.4, 0.5) is 5.69 Å². The number of benzene rings is 1. The minimum absolute atomic E-state index is 0.737. The monoisotopic (exact) mass is 149 g/mol. The zero-order valence-electron chi connectivity index (χ0n) is 6.08. The maximum absolute atomic E-state index is 11.1.